The van der Waals surface area contributed by atoms with Gasteiger partial charge >= 0.3 is 0 Å². The quantitative estimate of drug-likeness (QED) is 0.532. The molecule has 0 fully saturated rings. The fourth-order valence-electron chi connectivity index (χ4n) is 3.43. The number of nitrogens with one attached hydrogen (secondary N) is 1. The van der Waals surface area contributed by atoms with E-state index in [0.29, 0.717) is 11.5 Å². The minimum atomic E-state index is -3.85. The van der Waals surface area contributed by atoms with Crippen LogP contribution in [-0.2, 0) is 26.2 Å². The van der Waals surface area contributed by atoms with Crippen molar-refractivity contribution in [1.29, 1.82) is 0 Å². The maximum Gasteiger partial charge on any atom is 0.244 e. The van der Waals surface area contributed by atoms with Crippen molar-refractivity contribution in [3.05, 3.63) is 54.1 Å². The molecule has 0 bridgehead atoms. The van der Waals surface area contributed by atoms with Crippen LogP contribution in [-0.4, -0.2) is 63.7 Å². The molecule has 0 aromatic heterocycles. The van der Waals surface area contributed by atoms with Gasteiger partial charge in [-0.15, -0.1) is 0 Å². The summed E-state index contributed by atoms with van der Waals surface area (Å²) >= 11 is 0. The van der Waals surface area contributed by atoms with E-state index in [4.69, 9.17) is 9.47 Å². The highest BCUT2D eigenvalue weighted by Gasteiger charge is 2.31. The lowest BCUT2D eigenvalue weighted by Gasteiger charge is -2.33. The number of nitrogens with zero attached hydrogens (tertiary/aromatic N) is 2. The average Bonchev–Trinajstić information content (AvgIpc) is 2.78. The van der Waals surface area contributed by atoms with Crippen molar-refractivity contribution >= 4 is 27.5 Å². The van der Waals surface area contributed by atoms with E-state index in [1.165, 1.54) is 31.3 Å². The standard InChI is InChI=1S/C25H35N3O6S/c1-18(24(30)26-25(2,3)4)27(16-19-11-9-8-10-12-19)23(29)17-28(35(7,31)32)20-13-14-21(33-5)22(15-20)34-6/h8-15,18H,16-17H2,1-7H3,(H,26,30)/t18-/m1/s1. The summed E-state index contributed by atoms with van der Waals surface area (Å²) in [6.07, 6.45) is 1.02. The predicted octanol–water partition coefficient (Wildman–Crippen LogP) is 2.80. The van der Waals surface area contributed by atoms with Crippen LogP contribution < -0.4 is 19.1 Å². The van der Waals surface area contributed by atoms with Crippen LogP contribution in [0, 0.1) is 0 Å². The Morgan fingerprint density at radius 2 is 1.60 bits per heavy atom. The van der Waals surface area contributed by atoms with Crippen LogP contribution in [0.2, 0.25) is 0 Å². The molecule has 0 aliphatic rings. The molecule has 0 aliphatic heterocycles. The fraction of sp³-hybridized carbons (Fsp3) is 0.440. The van der Waals surface area contributed by atoms with Crippen molar-refractivity contribution in [2.24, 2.45) is 0 Å². The van der Waals surface area contributed by atoms with E-state index >= 15 is 0 Å². The summed E-state index contributed by atoms with van der Waals surface area (Å²) in [5.74, 6) is -0.108. The van der Waals surface area contributed by atoms with Gasteiger partial charge < -0.3 is 19.7 Å². The SMILES string of the molecule is COc1ccc(N(CC(=O)N(Cc2ccccc2)[C@H](C)C(=O)NC(C)(C)C)S(C)(=O)=O)cc1OC. The Morgan fingerprint density at radius 3 is 2.11 bits per heavy atom. The Labute approximate surface area is 208 Å². The Hall–Kier alpha value is -3.27. The number of amides is 2. The molecule has 0 aliphatic carbocycles. The smallest absolute Gasteiger partial charge is 0.244 e. The highest BCUT2D eigenvalue weighted by Crippen LogP contribution is 2.32. The number of carbonyl (C=O) groups is 2. The first-order chi connectivity index (χ1) is 16.3. The fourth-order valence-corrected chi connectivity index (χ4v) is 4.27. The summed E-state index contributed by atoms with van der Waals surface area (Å²) in [7, 11) is -0.938. The van der Waals surface area contributed by atoms with Crippen LogP contribution in [0.1, 0.15) is 33.3 Å². The van der Waals surface area contributed by atoms with Crippen LogP contribution >= 0.6 is 0 Å². The molecule has 2 rings (SSSR count). The zero-order valence-corrected chi connectivity index (χ0v) is 22.2. The third-order valence-electron chi connectivity index (χ3n) is 5.20. The third kappa shape index (κ3) is 7.88. The Bertz CT molecular complexity index is 1130. The molecule has 1 N–H and O–H groups in total. The molecular formula is C25H35N3O6S. The number of ether oxygens (including phenoxy) is 2. The van der Waals surface area contributed by atoms with E-state index in [9.17, 15) is 18.0 Å². The van der Waals surface area contributed by atoms with Crippen LogP contribution in [0.5, 0.6) is 11.5 Å². The molecule has 2 aromatic carbocycles. The number of methoxy groups -OCH3 is 2. The molecule has 0 heterocycles. The van der Waals surface area contributed by atoms with Crippen molar-refractivity contribution in [3.8, 4) is 11.5 Å². The van der Waals surface area contributed by atoms with Gasteiger partial charge in [-0.25, -0.2) is 8.42 Å². The molecule has 2 amide bonds. The van der Waals surface area contributed by atoms with Crippen LogP contribution in [0.3, 0.4) is 0 Å². The maximum absolute atomic E-state index is 13.6. The summed E-state index contributed by atoms with van der Waals surface area (Å²) in [6, 6.07) is 13.0. The molecule has 2 aromatic rings. The highest BCUT2D eigenvalue weighted by molar-refractivity contribution is 7.92. The van der Waals surface area contributed by atoms with Gasteiger partial charge in [-0.05, 0) is 45.4 Å². The van der Waals surface area contributed by atoms with E-state index in [0.717, 1.165) is 16.1 Å². The lowest BCUT2D eigenvalue weighted by atomic mass is 10.1. The number of hydrogen-bond acceptors (Lipinski definition) is 6. The average molecular weight is 506 g/mol. The van der Waals surface area contributed by atoms with Crippen LogP contribution in [0.4, 0.5) is 5.69 Å². The molecule has 0 saturated carbocycles. The van der Waals surface area contributed by atoms with Gasteiger partial charge in [-0.1, -0.05) is 30.3 Å². The van der Waals surface area contributed by atoms with Crippen LogP contribution in [0.25, 0.3) is 0 Å². The van der Waals surface area contributed by atoms with Crippen molar-refractivity contribution in [1.82, 2.24) is 10.2 Å². The van der Waals surface area contributed by atoms with Gasteiger partial charge in [-0.3, -0.25) is 13.9 Å². The molecule has 10 heteroatoms. The normalized spacial score (nSPS) is 12.4. The monoisotopic (exact) mass is 505 g/mol. The maximum atomic E-state index is 13.6. The third-order valence-corrected chi connectivity index (χ3v) is 6.34. The lowest BCUT2D eigenvalue weighted by molar-refractivity contribution is -0.140. The van der Waals surface area contributed by atoms with Gasteiger partial charge in [-0.2, -0.15) is 0 Å². The number of anilines is 1. The molecule has 0 saturated heterocycles. The summed E-state index contributed by atoms with van der Waals surface area (Å²) in [5, 5.41) is 2.89. The molecule has 1 atom stereocenters. The second-order valence-corrected chi connectivity index (χ2v) is 11.1. The number of hydrogen-bond donors (Lipinski definition) is 1. The number of benzene rings is 2. The summed E-state index contributed by atoms with van der Waals surface area (Å²) in [5.41, 5.74) is 0.559. The minimum Gasteiger partial charge on any atom is -0.493 e. The largest absolute Gasteiger partial charge is 0.493 e. The lowest BCUT2D eigenvalue weighted by Crippen LogP contribution is -2.54. The molecule has 35 heavy (non-hydrogen) atoms. The molecule has 0 spiro atoms. The molecule has 0 radical (unpaired) electrons. The topological polar surface area (TPSA) is 105 Å². The van der Waals surface area contributed by atoms with Crippen molar-refractivity contribution in [2.75, 3.05) is 31.3 Å². The first-order valence-corrected chi connectivity index (χ1v) is 13.0. The molecule has 0 unspecified atom stereocenters. The van der Waals surface area contributed by atoms with Gasteiger partial charge in [0.05, 0.1) is 26.2 Å². The summed E-state index contributed by atoms with van der Waals surface area (Å²) in [6.45, 7) is 6.83. The first kappa shape index (κ1) is 28.0. The van der Waals surface area contributed by atoms with Gasteiger partial charge in [0.2, 0.25) is 21.8 Å². The number of carbonyl (C=O) groups excluding carboxylic acids is 2. The van der Waals surface area contributed by atoms with E-state index < -0.39 is 34.1 Å². The second-order valence-electron chi connectivity index (χ2n) is 9.23. The van der Waals surface area contributed by atoms with E-state index in [2.05, 4.69) is 5.32 Å². The molecule has 192 valence electrons. The predicted molar refractivity (Wildman–Crippen MR) is 136 cm³/mol. The van der Waals surface area contributed by atoms with Crippen molar-refractivity contribution < 1.29 is 27.5 Å². The van der Waals surface area contributed by atoms with E-state index in [1.54, 1.807) is 13.0 Å². The molecular weight excluding hydrogens is 470 g/mol. The highest BCUT2D eigenvalue weighted by atomic mass is 32.2. The Kier molecular flexibility index (Phi) is 9.14. The van der Waals surface area contributed by atoms with E-state index in [-0.39, 0.29) is 18.1 Å². The van der Waals surface area contributed by atoms with Crippen LogP contribution in [0.15, 0.2) is 48.5 Å². The Balaban J connectivity index is 2.43. The second kappa shape index (κ2) is 11.4. The number of rotatable bonds is 10. The molecule has 9 nitrogen and oxygen atoms in total. The first-order valence-electron chi connectivity index (χ1n) is 11.1. The zero-order valence-electron chi connectivity index (χ0n) is 21.4. The minimum absolute atomic E-state index is 0.141. The van der Waals surface area contributed by atoms with Crippen molar-refractivity contribution in [3.63, 3.8) is 0 Å². The zero-order chi connectivity index (χ0) is 26.4. The Morgan fingerprint density at radius 1 is 1.00 bits per heavy atom. The van der Waals surface area contributed by atoms with E-state index in [1.807, 2.05) is 51.1 Å². The van der Waals surface area contributed by atoms with Gasteiger partial charge in [0.25, 0.3) is 0 Å². The van der Waals surface area contributed by atoms with Gasteiger partial charge in [0.15, 0.2) is 11.5 Å². The summed E-state index contributed by atoms with van der Waals surface area (Å²) < 4.78 is 36.9. The van der Waals surface area contributed by atoms with Gasteiger partial charge in [0, 0.05) is 18.2 Å². The summed E-state index contributed by atoms with van der Waals surface area (Å²) in [4.78, 5) is 27.9. The number of sulfonamides is 1. The van der Waals surface area contributed by atoms with Crippen molar-refractivity contribution in [2.45, 2.75) is 45.8 Å². The van der Waals surface area contributed by atoms with Gasteiger partial charge in [0.1, 0.15) is 12.6 Å².